The lowest BCUT2D eigenvalue weighted by atomic mass is 10.2. The second-order valence-electron chi connectivity index (χ2n) is 5.60. The Morgan fingerprint density at radius 2 is 1.74 bits per heavy atom. The van der Waals surface area contributed by atoms with E-state index in [2.05, 4.69) is 5.32 Å². The van der Waals surface area contributed by atoms with Gasteiger partial charge in [-0.25, -0.2) is 4.39 Å². The first-order valence-corrected chi connectivity index (χ1v) is 7.52. The molecule has 2 aromatic carbocycles. The van der Waals surface area contributed by atoms with Crippen molar-refractivity contribution in [3.05, 3.63) is 59.9 Å². The summed E-state index contributed by atoms with van der Waals surface area (Å²) >= 11 is 0. The Morgan fingerprint density at radius 1 is 1.09 bits per heavy atom. The molecule has 1 saturated carbocycles. The van der Waals surface area contributed by atoms with Crippen molar-refractivity contribution in [1.82, 2.24) is 0 Å². The number of hydrogen-bond acceptors (Lipinski definition) is 2. The molecule has 118 valence electrons. The van der Waals surface area contributed by atoms with Crippen LogP contribution in [0.1, 0.15) is 30.1 Å². The van der Waals surface area contributed by atoms with Gasteiger partial charge in [0.15, 0.2) is 0 Å². The van der Waals surface area contributed by atoms with Gasteiger partial charge in [0.25, 0.3) is 5.91 Å². The van der Waals surface area contributed by atoms with E-state index in [0.717, 1.165) is 18.5 Å². The van der Waals surface area contributed by atoms with E-state index in [4.69, 9.17) is 0 Å². The molecule has 4 nitrogen and oxygen atoms in total. The standard InChI is InChI=1S/C18H17FN2O2/c1-12(22)21(15-10-11-15)14-8-6-13(7-9-14)20-18(23)16-4-2-3-5-17(16)19/h2-9,15H,10-11H2,1H3,(H,20,23). The molecule has 2 amide bonds. The van der Waals surface area contributed by atoms with Gasteiger partial charge in [0.2, 0.25) is 5.91 Å². The molecule has 1 fully saturated rings. The summed E-state index contributed by atoms with van der Waals surface area (Å²) in [6, 6.07) is 13.1. The summed E-state index contributed by atoms with van der Waals surface area (Å²) < 4.78 is 13.6. The van der Waals surface area contributed by atoms with Crippen molar-refractivity contribution in [3.8, 4) is 0 Å². The summed E-state index contributed by atoms with van der Waals surface area (Å²) in [7, 11) is 0. The second-order valence-corrected chi connectivity index (χ2v) is 5.60. The van der Waals surface area contributed by atoms with E-state index in [-0.39, 0.29) is 17.5 Å². The van der Waals surface area contributed by atoms with Crippen LogP contribution in [0.4, 0.5) is 15.8 Å². The monoisotopic (exact) mass is 312 g/mol. The molecule has 0 heterocycles. The van der Waals surface area contributed by atoms with Crippen LogP contribution in [0, 0.1) is 5.82 Å². The topological polar surface area (TPSA) is 49.4 Å². The predicted octanol–water partition coefficient (Wildman–Crippen LogP) is 3.59. The zero-order chi connectivity index (χ0) is 16.4. The lowest BCUT2D eigenvalue weighted by Crippen LogP contribution is -2.30. The van der Waals surface area contributed by atoms with Crippen LogP contribution >= 0.6 is 0 Å². The van der Waals surface area contributed by atoms with Crippen LogP contribution in [0.3, 0.4) is 0 Å². The fraction of sp³-hybridized carbons (Fsp3) is 0.222. The Kier molecular flexibility index (Phi) is 4.10. The highest BCUT2D eigenvalue weighted by Crippen LogP contribution is 2.32. The number of nitrogens with zero attached hydrogens (tertiary/aromatic N) is 1. The van der Waals surface area contributed by atoms with Gasteiger partial charge in [-0.2, -0.15) is 0 Å². The first-order chi connectivity index (χ1) is 11.1. The molecule has 0 aromatic heterocycles. The quantitative estimate of drug-likeness (QED) is 0.938. The van der Waals surface area contributed by atoms with E-state index in [1.165, 1.54) is 18.2 Å². The number of rotatable bonds is 4. The first-order valence-electron chi connectivity index (χ1n) is 7.52. The second kappa shape index (κ2) is 6.20. The molecule has 1 N–H and O–H groups in total. The van der Waals surface area contributed by atoms with Crippen LogP contribution in [-0.2, 0) is 4.79 Å². The maximum Gasteiger partial charge on any atom is 0.258 e. The highest BCUT2D eigenvalue weighted by Gasteiger charge is 2.31. The van der Waals surface area contributed by atoms with Gasteiger partial charge in [0, 0.05) is 24.3 Å². The Morgan fingerprint density at radius 3 is 2.30 bits per heavy atom. The summed E-state index contributed by atoms with van der Waals surface area (Å²) in [5, 5.41) is 2.66. The molecular formula is C18H17FN2O2. The Hall–Kier alpha value is -2.69. The van der Waals surface area contributed by atoms with Crippen LogP contribution < -0.4 is 10.2 Å². The maximum atomic E-state index is 13.6. The largest absolute Gasteiger partial charge is 0.322 e. The molecule has 0 radical (unpaired) electrons. The molecule has 0 bridgehead atoms. The van der Waals surface area contributed by atoms with Crippen LogP contribution in [0.5, 0.6) is 0 Å². The minimum absolute atomic E-state index is 0.0000746. The van der Waals surface area contributed by atoms with Crippen molar-refractivity contribution < 1.29 is 14.0 Å². The lowest BCUT2D eigenvalue weighted by Gasteiger charge is -2.21. The van der Waals surface area contributed by atoms with Crippen LogP contribution in [-0.4, -0.2) is 17.9 Å². The number of hydrogen-bond donors (Lipinski definition) is 1. The van der Waals surface area contributed by atoms with Gasteiger partial charge in [-0.15, -0.1) is 0 Å². The third-order valence-electron chi connectivity index (χ3n) is 3.77. The minimum Gasteiger partial charge on any atom is -0.322 e. The SMILES string of the molecule is CC(=O)N(c1ccc(NC(=O)c2ccccc2F)cc1)C1CC1. The molecule has 3 rings (SSSR count). The average molecular weight is 312 g/mol. The van der Waals surface area contributed by atoms with E-state index in [1.807, 2.05) is 0 Å². The van der Waals surface area contributed by atoms with Crippen molar-refractivity contribution in [3.63, 3.8) is 0 Å². The van der Waals surface area contributed by atoms with Gasteiger partial charge in [0.05, 0.1) is 5.56 Å². The third-order valence-corrected chi connectivity index (χ3v) is 3.77. The number of amides is 2. The highest BCUT2D eigenvalue weighted by atomic mass is 19.1. The fourth-order valence-corrected chi connectivity index (χ4v) is 2.53. The van der Waals surface area contributed by atoms with E-state index in [1.54, 1.807) is 42.2 Å². The Balaban J connectivity index is 1.74. The van der Waals surface area contributed by atoms with Gasteiger partial charge in [-0.05, 0) is 49.2 Å². The number of halogens is 1. The van der Waals surface area contributed by atoms with Gasteiger partial charge in [0.1, 0.15) is 5.82 Å². The molecule has 2 aromatic rings. The molecule has 0 unspecified atom stereocenters. The lowest BCUT2D eigenvalue weighted by molar-refractivity contribution is -0.116. The number of anilines is 2. The average Bonchev–Trinajstić information content (AvgIpc) is 3.34. The molecule has 1 aliphatic carbocycles. The van der Waals surface area contributed by atoms with E-state index >= 15 is 0 Å². The maximum absolute atomic E-state index is 13.6. The minimum atomic E-state index is -0.557. The smallest absolute Gasteiger partial charge is 0.258 e. The van der Waals surface area contributed by atoms with Gasteiger partial charge >= 0.3 is 0 Å². The van der Waals surface area contributed by atoms with Gasteiger partial charge in [-0.1, -0.05) is 12.1 Å². The van der Waals surface area contributed by atoms with Crippen molar-refractivity contribution >= 4 is 23.2 Å². The molecule has 0 atom stereocenters. The van der Waals surface area contributed by atoms with E-state index < -0.39 is 11.7 Å². The van der Waals surface area contributed by atoms with E-state index in [0.29, 0.717) is 5.69 Å². The van der Waals surface area contributed by atoms with E-state index in [9.17, 15) is 14.0 Å². The summed E-state index contributed by atoms with van der Waals surface area (Å²) in [5.41, 5.74) is 1.37. The zero-order valence-corrected chi connectivity index (χ0v) is 12.8. The van der Waals surface area contributed by atoms with Crippen molar-refractivity contribution in [2.75, 3.05) is 10.2 Å². The summed E-state index contributed by atoms with van der Waals surface area (Å²) in [6.07, 6.45) is 2.04. The number of carbonyl (C=O) groups is 2. The highest BCUT2D eigenvalue weighted by molar-refractivity contribution is 6.04. The summed E-state index contributed by atoms with van der Waals surface area (Å²) in [5.74, 6) is -1.05. The molecule has 0 spiro atoms. The third kappa shape index (κ3) is 3.39. The normalized spacial score (nSPS) is 13.5. The van der Waals surface area contributed by atoms with Crippen LogP contribution in [0.25, 0.3) is 0 Å². The molecule has 0 saturated heterocycles. The van der Waals surface area contributed by atoms with Crippen LogP contribution in [0.2, 0.25) is 0 Å². The van der Waals surface area contributed by atoms with Crippen LogP contribution in [0.15, 0.2) is 48.5 Å². The summed E-state index contributed by atoms with van der Waals surface area (Å²) in [6.45, 7) is 1.55. The van der Waals surface area contributed by atoms with Crippen molar-refractivity contribution in [2.24, 2.45) is 0 Å². The van der Waals surface area contributed by atoms with Gasteiger partial charge in [-0.3, -0.25) is 9.59 Å². The Labute approximate surface area is 133 Å². The number of benzene rings is 2. The van der Waals surface area contributed by atoms with Gasteiger partial charge < -0.3 is 10.2 Å². The molecule has 23 heavy (non-hydrogen) atoms. The zero-order valence-electron chi connectivity index (χ0n) is 12.8. The summed E-state index contributed by atoms with van der Waals surface area (Å²) in [4.78, 5) is 25.6. The predicted molar refractivity (Wildman–Crippen MR) is 87.0 cm³/mol. The van der Waals surface area contributed by atoms with Crippen molar-refractivity contribution in [2.45, 2.75) is 25.8 Å². The Bertz CT molecular complexity index is 739. The molecule has 0 aliphatic heterocycles. The molecule has 5 heteroatoms. The van der Waals surface area contributed by atoms with Crippen molar-refractivity contribution in [1.29, 1.82) is 0 Å². The molecule has 1 aliphatic rings. The number of carbonyl (C=O) groups excluding carboxylic acids is 2. The molecular weight excluding hydrogens is 295 g/mol. The number of nitrogens with one attached hydrogen (secondary N) is 1. The fourth-order valence-electron chi connectivity index (χ4n) is 2.53. The first kappa shape index (κ1) is 15.2.